The summed E-state index contributed by atoms with van der Waals surface area (Å²) in [6.07, 6.45) is 0. The third-order valence-corrected chi connectivity index (χ3v) is 8.89. The van der Waals surface area contributed by atoms with Crippen LogP contribution in [0.3, 0.4) is 0 Å². The first-order chi connectivity index (χ1) is 15.8. The van der Waals surface area contributed by atoms with Gasteiger partial charge in [0.1, 0.15) is 0 Å². The van der Waals surface area contributed by atoms with Gasteiger partial charge in [0.05, 0.1) is 28.6 Å². The van der Waals surface area contributed by atoms with E-state index in [-0.39, 0.29) is 47.5 Å². The van der Waals surface area contributed by atoms with Gasteiger partial charge >= 0.3 is 0 Å². The van der Waals surface area contributed by atoms with Gasteiger partial charge in [-0.2, -0.15) is 0 Å². The minimum Gasteiger partial charge on any atom is -0.337 e. The molecule has 0 atom stereocenters. The quantitative estimate of drug-likeness (QED) is 0.537. The van der Waals surface area contributed by atoms with Crippen molar-refractivity contribution >= 4 is 31.5 Å². The zero-order valence-corrected chi connectivity index (χ0v) is 19.5. The number of nitrogens with zero attached hydrogens (tertiary/aromatic N) is 2. The molecule has 4 rings (SSSR count). The fraction of sp³-hybridized carbons (Fsp3) is 0.208. The number of rotatable bonds is 6. The van der Waals surface area contributed by atoms with Gasteiger partial charge in [0.2, 0.25) is 0 Å². The van der Waals surface area contributed by atoms with E-state index in [9.17, 15) is 21.6 Å². The average Bonchev–Trinajstić information content (AvgIpc) is 2.83. The molecule has 33 heavy (non-hydrogen) atoms. The van der Waals surface area contributed by atoms with E-state index in [1.165, 1.54) is 27.4 Å². The van der Waals surface area contributed by atoms with Crippen molar-refractivity contribution < 1.29 is 21.6 Å². The van der Waals surface area contributed by atoms with Crippen LogP contribution in [0.5, 0.6) is 0 Å². The molecule has 1 fully saturated rings. The number of amides is 1. The Labute approximate surface area is 194 Å². The molecule has 0 unspecified atom stereocenters. The molecule has 0 aliphatic carbocycles. The van der Waals surface area contributed by atoms with Crippen LogP contribution in [0.2, 0.25) is 0 Å². The number of para-hydroxylation sites is 1. The summed E-state index contributed by atoms with van der Waals surface area (Å²) in [6, 6.07) is 24.0. The first kappa shape index (κ1) is 23.0. The molecular weight excluding hydrogens is 460 g/mol. The van der Waals surface area contributed by atoms with Crippen molar-refractivity contribution in [3.63, 3.8) is 0 Å². The highest BCUT2D eigenvalue weighted by Gasteiger charge is 2.29. The maximum Gasteiger partial charge on any atom is 0.264 e. The number of carbonyl (C=O) groups excluding carboxylic acids is 1. The molecule has 0 radical (unpaired) electrons. The lowest BCUT2D eigenvalue weighted by Gasteiger charge is -2.27. The van der Waals surface area contributed by atoms with Crippen LogP contribution in [-0.2, 0) is 26.4 Å². The Kier molecular flexibility index (Phi) is 6.53. The molecule has 1 saturated heterocycles. The number of carbonyl (C=O) groups is 1. The summed E-state index contributed by atoms with van der Waals surface area (Å²) in [4.78, 5) is 14.4. The van der Waals surface area contributed by atoms with Crippen molar-refractivity contribution in [2.75, 3.05) is 28.9 Å². The maximum atomic E-state index is 13.7. The van der Waals surface area contributed by atoms with Gasteiger partial charge in [0.15, 0.2) is 9.84 Å². The van der Waals surface area contributed by atoms with Crippen LogP contribution in [0.15, 0.2) is 89.8 Å². The first-order valence-corrected chi connectivity index (χ1v) is 13.7. The second-order valence-corrected chi connectivity index (χ2v) is 12.0. The van der Waals surface area contributed by atoms with E-state index >= 15 is 0 Å². The topological polar surface area (TPSA) is 91.8 Å². The summed E-state index contributed by atoms with van der Waals surface area (Å²) in [6.45, 7) is 0.333. The van der Waals surface area contributed by atoms with Crippen molar-refractivity contribution in [1.82, 2.24) is 4.90 Å². The van der Waals surface area contributed by atoms with Crippen molar-refractivity contribution in [3.05, 3.63) is 96.1 Å². The zero-order valence-electron chi connectivity index (χ0n) is 17.9. The lowest BCUT2D eigenvalue weighted by Crippen LogP contribution is -2.43. The van der Waals surface area contributed by atoms with Gasteiger partial charge < -0.3 is 4.90 Å². The molecule has 172 valence electrons. The Hall–Kier alpha value is -3.17. The van der Waals surface area contributed by atoms with Gasteiger partial charge in [-0.15, -0.1) is 0 Å². The van der Waals surface area contributed by atoms with E-state index in [1.54, 1.807) is 30.3 Å². The van der Waals surface area contributed by atoms with E-state index in [0.717, 1.165) is 5.56 Å². The number of hydrogen-bond acceptors (Lipinski definition) is 5. The lowest BCUT2D eigenvalue weighted by molar-refractivity contribution is 0.0770. The second-order valence-electron chi connectivity index (χ2n) is 7.80. The molecule has 9 heteroatoms. The Morgan fingerprint density at radius 1 is 0.848 bits per heavy atom. The molecule has 7 nitrogen and oxygen atoms in total. The SMILES string of the molecule is O=C(c1cccc(S(=O)(=O)N(Cc2ccccc2)c2ccccc2)c1)N1CCS(=O)(=O)CC1. The third-order valence-electron chi connectivity index (χ3n) is 5.51. The Bertz CT molecular complexity index is 1330. The molecule has 0 bridgehead atoms. The zero-order chi connectivity index (χ0) is 23.5. The third kappa shape index (κ3) is 5.26. The number of hydrogen-bond donors (Lipinski definition) is 0. The number of anilines is 1. The minimum atomic E-state index is -3.99. The Morgan fingerprint density at radius 2 is 1.45 bits per heavy atom. The predicted molar refractivity (Wildman–Crippen MR) is 127 cm³/mol. The van der Waals surface area contributed by atoms with Gasteiger partial charge in [-0.3, -0.25) is 9.10 Å². The molecule has 1 aliphatic heterocycles. The van der Waals surface area contributed by atoms with Gasteiger partial charge in [-0.05, 0) is 35.9 Å². The molecule has 0 N–H and O–H groups in total. The average molecular weight is 485 g/mol. The van der Waals surface area contributed by atoms with E-state index in [4.69, 9.17) is 0 Å². The van der Waals surface area contributed by atoms with Crippen LogP contribution < -0.4 is 4.31 Å². The minimum absolute atomic E-state index is 0.00207. The van der Waals surface area contributed by atoms with Gasteiger partial charge in [0, 0.05) is 18.7 Å². The van der Waals surface area contributed by atoms with Crippen LogP contribution in [-0.4, -0.2) is 52.2 Å². The van der Waals surface area contributed by atoms with Crippen molar-refractivity contribution in [2.24, 2.45) is 0 Å². The maximum absolute atomic E-state index is 13.7. The highest BCUT2D eigenvalue weighted by atomic mass is 32.2. The molecule has 1 heterocycles. The summed E-state index contributed by atoms with van der Waals surface area (Å²) in [5, 5.41) is 0. The molecule has 0 spiro atoms. The Morgan fingerprint density at radius 3 is 2.09 bits per heavy atom. The van der Waals surface area contributed by atoms with Gasteiger partial charge in [0.25, 0.3) is 15.9 Å². The fourth-order valence-corrected chi connectivity index (χ4v) is 6.37. The summed E-state index contributed by atoms with van der Waals surface area (Å²) in [5.41, 5.74) is 1.55. The van der Waals surface area contributed by atoms with Crippen LogP contribution in [0.1, 0.15) is 15.9 Å². The molecule has 3 aromatic rings. The fourth-order valence-electron chi connectivity index (χ4n) is 3.67. The standard InChI is InChI=1S/C24H24N2O5S2/c27-24(25-14-16-32(28,29)17-15-25)21-10-7-13-23(18-21)33(30,31)26(22-11-5-2-6-12-22)19-20-8-3-1-4-9-20/h1-13,18H,14-17,19H2. The van der Waals surface area contributed by atoms with Crippen LogP contribution >= 0.6 is 0 Å². The van der Waals surface area contributed by atoms with E-state index in [2.05, 4.69) is 0 Å². The monoisotopic (exact) mass is 484 g/mol. The number of sulfone groups is 1. The van der Waals surface area contributed by atoms with E-state index < -0.39 is 19.9 Å². The highest BCUT2D eigenvalue weighted by Crippen LogP contribution is 2.26. The van der Waals surface area contributed by atoms with Gasteiger partial charge in [-0.1, -0.05) is 54.6 Å². The summed E-state index contributed by atoms with van der Waals surface area (Å²) in [5.74, 6) is -0.554. The van der Waals surface area contributed by atoms with E-state index in [1.807, 2.05) is 36.4 Å². The normalized spacial score (nSPS) is 15.7. The molecule has 1 amide bonds. The van der Waals surface area contributed by atoms with Crippen LogP contribution in [0, 0.1) is 0 Å². The second kappa shape index (κ2) is 9.36. The van der Waals surface area contributed by atoms with Gasteiger partial charge in [-0.25, -0.2) is 16.8 Å². The smallest absolute Gasteiger partial charge is 0.264 e. The Balaban J connectivity index is 1.66. The first-order valence-electron chi connectivity index (χ1n) is 10.5. The van der Waals surface area contributed by atoms with Crippen molar-refractivity contribution in [2.45, 2.75) is 11.4 Å². The molecule has 3 aromatic carbocycles. The van der Waals surface area contributed by atoms with Crippen molar-refractivity contribution in [3.8, 4) is 0 Å². The predicted octanol–water partition coefficient (Wildman–Crippen LogP) is 2.95. The highest BCUT2D eigenvalue weighted by molar-refractivity contribution is 7.92. The lowest BCUT2D eigenvalue weighted by atomic mass is 10.2. The molecule has 0 aromatic heterocycles. The summed E-state index contributed by atoms with van der Waals surface area (Å²) in [7, 11) is -7.12. The number of sulfonamides is 1. The summed E-state index contributed by atoms with van der Waals surface area (Å²) < 4.78 is 52.1. The molecule has 0 saturated carbocycles. The largest absolute Gasteiger partial charge is 0.337 e. The molecule has 1 aliphatic rings. The van der Waals surface area contributed by atoms with Crippen LogP contribution in [0.4, 0.5) is 5.69 Å². The molecular formula is C24H24N2O5S2. The van der Waals surface area contributed by atoms with Crippen LogP contribution in [0.25, 0.3) is 0 Å². The van der Waals surface area contributed by atoms with E-state index in [0.29, 0.717) is 5.69 Å². The summed E-state index contributed by atoms with van der Waals surface area (Å²) >= 11 is 0. The van der Waals surface area contributed by atoms with Crippen molar-refractivity contribution in [1.29, 1.82) is 0 Å². The number of benzene rings is 3.